The first kappa shape index (κ1) is 17.6. The van der Waals surface area contributed by atoms with Gasteiger partial charge in [0.1, 0.15) is 6.04 Å². The lowest BCUT2D eigenvalue weighted by atomic mass is 9.96. The minimum Gasteiger partial charge on any atom is -0.431 e. The molecule has 4 aromatic rings. The van der Waals surface area contributed by atoms with Crippen LogP contribution in [-0.4, -0.2) is 10.9 Å². The van der Waals surface area contributed by atoms with E-state index in [1.807, 2.05) is 62.4 Å². The van der Waals surface area contributed by atoms with Gasteiger partial charge in [-0.2, -0.15) is 0 Å². The maximum atomic E-state index is 12.5. The topological polar surface area (TPSA) is 79.5 Å². The lowest BCUT2D eigenvalue weighted by Crippen LogP contribution is -2.31. The normalized spacial score (nSPS) is 15.5. The molecule has 0 saturated carbocycles. The largest absolute Gasteiger partial charge is 0.431 e. The highest BCUT2D eigenvalue weighted by Gasteiger charge is 2.28. The van der Waals surface area contributed by atoms with E-state index < -0.39 is 6.04 Å². The van der Waals surface area contributed by atoms with Crippen molar-refractivity contribution in [2.24, 2.45) is 4.99 Å². The Kier molecular flexibility index (Phi) is 4.17. The minimum atomic E-state index is -0.458. The molecule has 2 aromatic heterocycles. The van der Waals surface area contributed by atoms with Crippen molar-refractivity contribution in [3.63, 3.8) is 0 Å². The standard InChI is InChI=1S/C22H18N4O2S/c1-12-7-9-14(10-8-12)19-17-18(13(2)11-28-20(17)27)24-21(25-19)26-22-23-15-5-3-4-6-16(15)29-22/h3-11,19H,1-2H3,(H2,23,24,25,26)/t19-/m1/s1. The van der Waals surface area contributed by atoms with Crippen LogP contribution < -0.4 is 16.3 Å². The molecule has 1 aliphatic heterocycles. The first-order valence-electron chi connectivity index (χ1n) is 9.25. The van der Waals surface area contributed by atoms with Gasteiger partial charge >= 0.3 is 5.63 Å². The molecule has 0 saturated heterocycles. The van der Waals surface area contributed by atoms with E-state index in [1.165, 1.54) is 6.26 Å². The number of guanidine groups is 1. The lowest BCUT2D eigenvalue weighted by Gasteiger charge is -2.25. The lowest BCUT2D eigenvalue weighted by molar-refractivity contribution is 0.494. The van der Waals surface area contributed by atoms with Crippen LogP contribution >= 0.6 is 11.3 Å². The quantitative estimate of drug-likeness (QED) is 0.501. The Morgan fingerprint density at radius 1 is 1.10 bits per heavy atom. The number of para-hydroxylation sites is 1. The summed E-state index contributed by atoms with van der Waals surface area (Å²) in [5.74, 6) is 0.552. The average molecular weight is 402 g/mol. The zero-order valence-corrected chi connectivity index (χ0v) is 16.7. The molecule has 1 aliphatic rings. The molecule has 2 aromatic carbocycles. The number of nitrogens with one attached hydrogen (secondary N) is 2. The van der Waals surface area contributed by atoms with Gasteiger partial charge in [-0.1, -0.05) is 53.3 Å². The van der Waals surface area contributed by atoms with Gasteiger partial charge in [0.25, 0.3) is 0 Å². The summed E-state index contributed by atoms with van der Waals surface area (Å²) >= 11 is 1.56. The highest BCUT2D eigenvalue weighted by molar-refractivity contribution is 7.22. The summed E-state index contributed by atoms with van der Waals surface area (Å²) in [5, 5.41) is 7.28. The van der Waals surface area contributed by atoms with Crippen LogP contribution in [0.4, 0.5) is 10.8 Å². The Morgan fingerprint density at radius 3 is 2.69 bits per heavy atom. The fourth-order valence-electron chi connectivity index (χ4n) is 3.42. The number of fused-ring (bicyclic) bond motifs is 2. The molecular weight excluding hydrogens is 384 g/mol. The Bertz CT molecular complexity index is 1270. The van der Waals surface area contributed by atoms with E-state index >= 15 is 0 Å². The number of hydrogen-bond donors (Lipinski definition) is 2. The van der Waals surface area contributed by atoms with Crippen LogP contribution in [0.2, 0.25) is 0 Å². The molecule has 6 nitrogen and oxygen atoms in total. The Hall–Kier alpha value is -3.45. The number of aromatic nitrogens is 1. The van der Waals surface area contributed by atoms with E-state index in [2.05, 4.69) is 15.6 Å². The van der Waals surface area contributed by atoms with Crippen molar-refractivity contribution < 1.29 is 4.42 Å². The van der Waals surface area contributed by atoms with Crippen LogP contribution in [0, 0.1) is 13.8 Å². The summed E-state index contributed by atoms with van der Waals surface area (Å²) in [6.45, 7) is 3.93. The van der Waals surface area contributed by atoms with Crippen LogP contribution in [0.3, 0.4) is 0 Å². The molecule has 2 N–H and O–H groups in total. The molecule has 144 valence electrons. The number of anilines is 2. The minimum absolute atomic E-state index is 0.383. The van der Waals surface area contributed by atoms with Crippen molar-refractivity contribution in [2.45, 2.75) is 19.9 Å². The summed E-state index contributed by atoms with van der Waals surface area (Å²) in [6, 6.07) is 15.5. The Labute approximate surface area is 171 Å². The van der Waals surface area contributed by atoms with Crippen LogP contribution in [0.15, 0.2) is 69.0 Å². The maximum absolute atomic E-state index is 12.5. The number of aliphatic imine (C=N–C) groups is 1. The molecule has 5 rings (SSSR count). The van der Waals surface area contributed by atoms with E-state index in [0.29, 0.717) is 11.5 Å². The van der Waals surface area contributed by atoms with Crippen molar-refractivity contribution in [1.29, 1.82) is 0 Å². The number of rotatable bonds is 2. The van der Waals surface area contributed by atoms with E-state index in [9.17, 15) is 4.79 Å². The van der Waals surface area contributed by atoms with Gasteiger partial charge in [-0.05, 0) is 31.5 Å². The number of aryl methyl sites for hydroxylation is 2. The highest BCUT2D eigenvalue weighted by Crippen LogP contribution is 2.35. The first-order chi connectivity index (χ1) is 14.1. The number of benzene rings is 2. The van der Waals surface area contributed by atoms with Crippen LogP contribution in [0.5, 0.6) is 0 Å². The van der Waals surface area contributed by atoms with E-state index in [4.69, 9.17) is 9.41 Å². The first-order valence-corrected chi connectivity index (χ1v) is 10.1. The zero-order valence-electron chi connectivity index (χ0n) is 15.9. The van der Waals surface area contributed by atoms with Crippen LogP contribution in [0.25, 0.3) is 10.2 Å². The van der Waals surface area contributed by atoms with E-state index in [-0.39, 0.29) is 5.63 Å². The predicted octanol–water partition coefficient (Wildman–Crippen LogP) is 4.85. The number of nitrogens with zero attached hydrogens (tertiary/aromatic N) is 2. The van der Waals surface area contributed by atoms with Crippen LogP contribution in [-0.2, 0) is 0 Å². The Morgan fingerprint density at radius 2 is 1.90 bits per heavy atom. The highest BCUT2D eigenvalue weighted by atomic mass is 32.1. The van der Waals surface area contributed by atoms with Crippen molar-refractivity contribution in [3.05, 3.63) is 87.5 Å². The molecule has 1 atom stereocenters. The SMILES string of the molecule is Cc1ccc([C@H]2N=C(Nc3nc4ccccc4s3)Nc3c(C)coc(=O)c32)cc1. The molecule has 0 unspecified atom stereocenters. The fraction of sp³-hybridized carbons (Fsp3) is 0.136. The Balaban J connectivity index is 1.59. The second-order valence-electron chi connectivity index (χ2n) is 7.02. The number of thiazole rings is 1. The predicted molar refractivity (Wildman–Crippen MR) is 117 cm³/mol. The van der Waals surface area contributed by atoms with Gasteiger partial charge in [0.2, 0.25) is 5.96 Å². The van der Waals surface area contributed by atoms with E-state index in [0.717, 1.165) is 37.7 Å². The smallest absolute Gasteiger partial charge is 0.343 e. The molecule has 0 fully saturated rings. The summed E-state index contributed by atoms with van der Waals surface area (Å²) in [6.07, 6.45) is 1.47. The second kappa shape index (κ2) is 6.86. The molecule has 0 amide bonds. The van der Waals surface area contributed by atoms with Gasteiger partial charge in [-0.15, -0.1) is 0 Å². The molecular formula is C22H18N4O2S. The zero-order chi connectivity index (χ0) is 20.0. The van der Waals surface area contributed by atoms with Crippen molar-refractivity contribution in [3.8, 4) is 0 Å². The summed E-state index contributed by atoms with van der Waals surface area (Å²) in [5.41, 5.74) is 4.72. The number of hydrogen-bond acceptors (Lipinski definition) is 7. The summed E-state index contributed by atoms with van der Waals surface area (Å²) < 4.78 is 6.33. The summed E-state index contributed by atoms with van der Waals surface area (Å²) in [4.78, 5) is 22.0. The third-order valence-electron chi connectivity index (χ3n) is 4.91. The molecule has 29 heavy (non-hydrogen) atoms. The third-order valence-corrected chi connectivity index (χ3v) is 5.87. The van der Waals surface area contributed by atoms with Crippen LogP contribution in [0.1, 0.15) is 28.3 Å². The van der Waals surface area contributed by atoms with Crippen molar-refractivity contribution in [2.75, 3.05) is 10.6 Å². The van der Waals surface area contributed by atoms with Crippen molar-refractivity contribution >= 4 is 38.3 Å². The van der Waals surface area contributed by atoms with Gasteiger partial charge in [0, 0.05) is 5.56 Å². The summed E-state index contributed by atoms with van der Waals surface area (Å²) in [7, 11) is 0. The molecule has 0 radical (unpaired) electrons. The fourth-order valence-corrected chi connectivity index (χ4v) is 4.28. The van der Waals surface area contributed by atoms with Crippen molar-refractivity contribution in [1.82, 2.24) is 4.98 Å². The molecule has 0 aliphatic carbocycles. The second-order valence-corrected chi connectivity index (χ2v) is 8.05. The van der Waals surface area contributed by atoms with Gasteiger partial charge in [0.05, 0.1) is 27.7 Å². The monoisotopic (exact) mass is 402 g/mol. The molecule has 0 spiro atoms. The maximum Gasteiger partial charge on any atom is 0.343 e. The van der Waals surface area contributed by atoms with E-state index in [1.54, 1.807) is 11.3 Å². The average Bonchev–Trinajstić information content (AvgIpc) is 3.13. The molecule has 7 heteroatoms. The van der Waals surface area contributed by atoms with Gasteiger partial charge in [0.15, 0.2) is 5.13 Å². The molecule has 3 heterocycles. The molecule has 0 bridgehead atoms. The third kappa shape index (κ3) is 3.19. The van der Waals surface area contributed by atoms with Gasteiger partial charge in [-0.3, -0.25) is 0 Å². The van der Waals surface area contributed by atoms with Gasteiger partial charge < -0.3 is 15.1 Å². The van der Waals surface area contributed by atoms with Gasteiger partial charge in [-0.25, -0.2) is 14.8 Å².